The predicted octanol–water partition coefficient (Wildman–Crippen LogP) is 5.30. The maximum absolute atomic E-state index is 13.3. The van der Waals surface area contributed by atoms with Gasteiger partial charge in [-0.25, -0.2) is 0 Å². The van der Waals surface area contributed by atoms with Gasteiger partial charge in [0.1, 0.15) is 5.75 Å². The van der Waals surface area contributed by atoms with Gasteiger partial charge < -0.3 is 15.0 Å². The van der Waals surface area contributed by atoms with Crippen LogP contribution in [0.2, 0.25) is 5.02 Å². The first-order chi connectivity index (χ1) is 16.5. The Kier molecular flexibility index (Phi) is 9.53. The zero-order chi connectivity index (χ0) is 24.3. The minimum absolute atomic E-state index is 0.0367. The van der Waals surface area contributed by atoms with Crippen molar-refractivity contribution in [2.45, 2.75) is 32.7 Å². The number of nitrogens with zero attached hydrogens (tertiary/aromatic N) is 1. The summed E-state index contributed by atoms with van der Waals surface area (Å²) in [6, 6.07) is 22.7. The van der Waals surface area contributed by atoms with Gasteiger partial charge in [-0.3, -0.25) is 9.59 Å². The monoisotopic (exact) mass is 478 g/mol. The molecule has 6 heteroatoms. The Morgan fingerprint density at radius 2 is 1.71 bits per heavy atom. The molecule has 2 amide bonds. The second-order valence-electron chi connectivity index (χ2n) is 8.10. The molecular weight excluding hydrogens is 448 g/mol. The van der Waals surface area contributed by atoms with Crippen LogP contribution in [0, 0.1) is 0 Å². The Morgan fingerprint density at radius 3 is 2.38 bits per heavy atom. The number of carbonyl (C=O) groups is 2. The smallest absolute Gasteiger partial charge is 0.251 e. The molecule has 0 saturated carbocycles. The van der Waals surface area contributed by atoms with Crippen molar-refractivity contribution in [1.82, 2.24) is 10.2 Å². The number of carbonyl (C=O) groups excluding carboxylic acids is 2. The SMILES string of the molecule is CCCOc1ccc(Cl)cc1CN(CCc1ccc(C(=O)NC)cc1)C(=O)Cc1ccccc1. The van der Waals surface area contributed by atoms with Gasteiger partial charge in [0.05, 0.1) is 13.0 Å². The Balaban J connectivity index is 1.79. The van der Waals surface area contributed by atoms with Gasteiger partial charge in [0.15, 0.2) is 0 Å². The highest BCUT2D eigenvalue weighted by molar-refractivity contribution is 6.30. The lowest BCUT2D eigenvalue weighted by atomic mass is 10.1. The largest absolute Gasteiger partial charge is 0.493 e. The summed E-state index contributed by atoms with van der Waals surface area (Å²) in [5, 5.41) is 3.24. The number of amides is 2. The molecule has 0 unspecified atom stereocenters. The van der Waals surface area contributed by atoms with Crippen LogP contribution in [0.5, 0.6) is 5.75 Å². The lowest BCUT2D eigenvalue weighted by Crippen LogP contribution is -2.34. The van der Waals surface area contributed by atoms with Gasteiger partial charge in [0.25, 0.3) is 5.91 Å². The predicted molar refractivity (Wildman–Crippen MR) is 136 cm³/mol. The van der Waals surface area contributed by atoms with Crippen molar-refractivity contribution in [3.8, 4) is 5.75 Å². The zero-order valence-corrected chi connectivity index (χ0v) is 20.5. The Bertz CT molecular complexity index is 1080. The minimum atomic E-state index is -0.119. The van der Waals surface area contributed by atoms with Crippen LogP contribution in [0.25, 0.3) is 0 Å². The van der Waals surface area contributed by atoms with Gasteiger partial charge in [-0.15, -0.1) is 0 Å². The van der Waals surface area contributed by atoms with Gasteiger partial charge in [-0.1, -0.05) is 61.0 Å². The van der Waals surface area contributed by atoms with E-state index in [1.165, 1.54) is 0 Å². The molecule has 3 rings (SSSR count). The van der Waals surface area contributed by atoms with Crippen LogP contribution in [0.4, 0.5) is 0 Å². The minimum Gasteiger partial charge on any atom is -0.493 e. The fraction of sp³-hybridized carbons (Fsp3) is 0.286. The third-order valence-corrected chi connectivity index (χ3v) is 5.74. The van der Waals surface area contributed by atoms with Gasteiger partial charge in [0, 0.05) is 36.3 Å². The van der Waals surface area contributed by atoms with E-state index >= 15 is 0 Å². The molecule has 0 atom stereocenters. The number of hydrogen-bond donors (Lipinski definition) is 1. The van der Waals surface area contributed by atoms with E-state index in [9.17, 15) is 9.59 Å². The summed E-state index contributed by atoms with van der Waals surface area (Å²) in [4.78, 5) is 27.0. The fourth-order valence-corrected chi connectivity index (χ4v) is 3.83. The second-order valence-corrected chi connectivity index (χ2v) is 8.54. The fourth-order valence-electron chi connectivity index (χ4n) is 3.64. The molecule has 34 heavy (non-hydrogen) atoms. The third-order valence-electron chi connectivity index (χ3n) is 5.51. The van der Waals surface area contributed by atoms with Gasteiger partial charge >= 0.3 is 0 Å². The van der Waals surface area contributed by atoms with Crippen molar-refractivity contribution in [2.24, 2.45) is 0 Å². The molecule has 0 aromatic heterocycles. The van der Waals surface area contributed by atoms with Crippen molar-refractivity contribution in [3.05, 3.63) is 100 Å². The van der Waals surface area contributed by atoms with Crippen LogP contribution in [-0.4, -0.2) is 36.9 Å². The molecule has 5 nitrogen and oxygen atoms in total. The van der Waals surface area contributed by atoms with Crippen molar-refractivity contribution in [1.29, 1.82) is 0 Å². The van der Waals surface area contributed by atoms with Crippen LogP contribution < -0.4 is 10.1 Å². The van der Waals surface area contributed by atoms with Crippen molar-refractivity contribution in [3.63, 3.8) is 0 Å². The standard InChI is InChI=1S/C28H31ClN2O3/c1-3-17-34-26-14-13-25(29)19-24(26)20-31(27(32)18-22-7-5-4-6-8-22)16-15-21-9-11-23(12-10-21)28(33)30-2/h4-14,19H,3,15-18,20H2,1-2H3,(H,30,33). The van der Waals surface area contributed by atoms with E-state index < -0.39 is 0 Å². The van der Waals surface area contributed by atoms with E-state index in [0.29, 0.717) is 43.1 Å². The number of rotatable bonds is 11. The summed E-state index contributed by atoms with van der Waals surface area (Å²) in [6.45, 7) is 3.59. The Morgan fingerprint density at radius 1 is 0.971 bits per heavy atom. The van der Waals surface area contributed by atoms with Gasteiger partial charge in [-0.05, 0) is 54.3 Å². The van der Waals surface area contributed by atoms with Crippen LogP contribution in [0.15, 0.2) is 72.8 Å². The number of ether oxygens (including phenoxy) is 1. The first-order valence-electron chi connectivity index (χ1n) is 11.5. The van der Waals surface area contributed by atoms with E-state index in [1.807, 2.05) is 59.5 Å². The zero-order valence-electron chi connectivity index (χ0n) is 19.7. The summed E-state index contributed by atoms with van der Waals surface area (Å²) in [5.74, 6) is 0.667. The van der Waals surface area contributed by atoms with E-state index in [4.69, 9.17) is 16.3 Å². The quantitative estimate of drug-likeness (QED) is 0.406. The number of nitrogens with one attached hydrogen (secondary N) is 1. The molecular formula is C28H31ClN2O3. The first kappa shape index (κ1) is 25.3. The van der Waals surface area contributed by atoms with Crippen molar-refractivity contribution < 1.29 is 14.3 Å². The normalized spacial score (nSPS) is 10.6. The lowest BCUT2D eigenvalue weighted by molar-refractivity contribution is -0.131. The molecule has 0 aliphatic carbocycles. The van der Waals surface area contributed by atoms with E-state index in [1.54, 1.807) is 25.2 Å². The van der Waals surface area contributed by atoms with Crippen molar-refractivity contribution in [2.75, 3.05) is 20.2 Å². The first-order valence-corrected chi connectivity index (χ1v) is 11.9. The molecule has 0 aliphatic heterocycles. The van der Waals surface area contributed by atoms with E-state index in [2.05, 4.69) is 12.2 Å². The summed E-state index contributed by atoms with van der Waals surface area (Å²) in [5.41, 5.74) is 3.52. The van der Waals surface area contributed by atoms with Gasteiger partial charge in [0.2, 0.25) is 5.91 Å². The number of halogens is 1. The van der Waals surface area contributed by atoms with Crippen LogP contribution >= 0.6 is 11.6 Å². The summed E-state index contributed by atoms with van der Waals surface area (Å²) >= 11 is 6.28. The average molecular weight is 479 g/mol. The topological polar surface area (TPSA) is 58.6 Å². The summed E-state index contributed by atoms with van der Waals surface area (Å²) in [6.07, 6.45) is 1.88. The number of benzene rings is 3. The molecule has 3 aromatic carbocycles. The van der Waals surface area contributed by atoms with Crippen LogP contribution in [0.1, 0.15) is 40.4 Å². The molecule has 0 bridgehead atoms. The Hall–Kier alpha value is -3.31. The van der Waals surface area contributed by atoms with E-state index in [0.717, 1.165) is 28.9 Å². The molecule has 0 radical (unpaired) electrons. The second kappa shape index (κ2) is 12.8. The van der Waals surface area contributed by atoms with Crippen LogP contribution in [0.3, 0.4) is 0 Å². The molecule has 0 heterocycles. The molecule has 1 N–H and O–H groups in total. The number of hydrogen-bond acceptors (Lipinski definition) is 3. The maximum Gasteiger partial charge on any atom is 0.251 e. The third kappa shape index (κ3) is 7.35. The highest BCUT2D eigenvalue weighted by Gasteiger charge is 2.18. The van der Waals surface area contributed by atoms with Gasteiger partial charge in [-0.2, -0.15) is 0 Å². The molecule has 0 saturated heterocycles. The maximum atomic E-state index is 13.3. The summed E-state index contributed by atoms with van der Waals surface area (Å²) in [7, 11) is 1.61. The van der Waals surface area contributed by atoms with E-state index in [-0.39, 0.29) is 11.8 Å². The van der Waals surface area contributed by atoms with Crippen LogP contribution in [-0.2, 0) is 24.2 Å². The summed E-state index contributed by atoms with van der Waals surface area (Å²) < 4.78 is 5.91. The molecule has 3 aromatic rings. The Labute approximate surface area is 206 Å². The lowest BCUT2D eigenvalue weighted by Gasteiger charge is -2.24. The molecule has 0 aliphatic rings. The van der Waals surface area contributed by atoms with Crippen molar-refractivity contribution >= 4 is 23.4 Å². The highest BCUT2D eigenvalue weighted by Crippen LogP contribution is 2.25. The molecule has 178 valence electrons. The molecule has 0 fully saturated rings. The average Bonchev–Trinajstić information content (AvgIpc) is 2.86. The molecule has 0 spiro atoms. The highest BCUT2D eigenvalue weighted by atomic mass is 35.5.